The number of amides is 2. The summed E-state index contributed by atoms with van der Waals surface area (Å²) in [5.41, 5.74) is 2.09. The van der Waals surface area contributed by atoms with Crippen LogP contribution in [0.5, 0.6) is 5.75 Å². The third kappa shape index (κ3) is 4.67. The molecule has 2 amide bonds. The van der Waals surface area contributed by atoms with Crippen LogP contribution in [0.2, 0.25) is 0 Å². The molecule has 0 aliphatic rings. The van der Waals surface area contributed by atoms with E-state index in [0.717, 1.165) is 23.2 Å². The summed E-state index contributed by atoms with van der Waals surface area (Å²) >= 11 is 0. The minimum absolute atomic E-state index is 0.349. The Hall–Kier alpha value is -2.82. The third-order valence-electron chi connectivity index (χ3n) is 4.55. The first kappa shape index (κ1) is 20.5. The molecule has 2 aromatic rings. The lowest BCUT2D eigenvalue weighted by atomic mass is 9.90. The molecule has 0 radical (unpaired) electrons. The van der Waals surface area contributed by atoms with Crippen LogP contribution in [0.1, 0.15) is 38.8 Å². The summed E-state index contributed by atoms with van der Waals surface area (Å²) in [7, 11) is 0. The fourth-order valence-corrected chi connectivity index (χ4v) is 2.70. The van der Waals surface area contributed by atoms with E-state index in [1.165, 1.54) is 0 Å². The Balaban J connectivity index is 2.20. The molecule has 0 heterocycles. The fourth-order valence-electron chi connectivity index (χ4n) is 2.70. The summed E-state index contributed by atoms with van der Waals surface area (Å²) in [6, 6.07) is 13.1. The molecule has 0 aliphatic carbocycles. The number of carbonyl (C=O) groups is 2. The zero-order chi connectivity index (χ0) is 20.0. The highest BCUT2D eigenvalue weighted by atomic mass is 16.5. The second kappa shape index (κ2) is 8.71. The number of aryl methyl sites for hydroxylation is 2. The van der Waals surface area contributed by atoms with Crippen LogP contribution in [0.15, 0.2) is 42.5 Å². The van der Waals surface area contributed by atoms with Crippen LogP contribution in [0, 0.1) is 12.3 Å². The molecule has 0 bridgehead atoms. The summed E-state index contributed by atoms with van der Waals surface area (Å²) in [5.74, 6) is -0.159. The highest BCUT2D eigenvalue weighted by Gasteiger charge is 2.37. The van der Waals surface area contributed by atoms with Crippen LogP contribution in [-0.2, 0) is 16.0 Å². The van der Waals surface area contributed by atoms with Gasteiger partial charge in [-0.05, 0) is 57.4 Å². The van der Waals surface area contributed by atoms with Gasteiger partial charge in [0.2, 0.25) is 11.8 Å². The maximum absolute atomic E-state index is 12.9. The minimum atomic E-state index is -1.26. The van der Waals surface area contributed by atoms with Gasteiger partial charge in [-0.25, -0.2) is 0 Å². The van der Waals surface area contributed by atoms with Gasteiger partial charge in [0.05, 0.1) is 12.3 Å². The van der Waals surface area contributed by atoms with Gasteiger partial charge < -0.3 is 15.4 Å². The lowest BCUT2D eigenvalue weighted by Gasteiger charge is -2.24. The molecular formula is C22H28N2O3. The van der Waals surface area contributed by atoms with Gasteiger partial charge in [-0.15, -0.1) is 0 Å². The zero-order valence-corrected chi connectivity index (χ0v) is 16.7. The van der Waals surface area contributed by atoms with Crippen LogP contribution in [0.4, 0.5) is 11.4 Å². The molecule has 0 fully saturated rings. The maximum atomic E-state index is 12.9. The number of para-hydroxylation sites is 3. The van der Waals surface area contributed by atoms with Crippen LogP contribution in [0.3, 0.4) is 0 Å². The van der Waals surface area contributed by atoms with E-state index >= 15 is 0 Å². The van der Waals surface area contributed by atoms with E-state index in [4.69, 9.17) is 4.74 Å². The Morgan fingerprint density at radius 2 is 1.63 bits per heavy atom. The van der Waals surface area contributed by atoms with E-state index in [0.29, 0.717) is 18.0 Å². The average molecular weight is 368 g/mol. The first-order chi connectivity index (χ1) is 12.8. The van der Waals surface area contributed by atoms with Gasteiger partial charge in [0.25, 0.3) is 0 Å². The molecule has 2 N–H and O–H groups in total. The minimum Gasteiger partial charge on any atom is -0.492 e. The SMILES string of the molecule is CCOc1ccccc1NC(=O)C(C)(C)C(=O)Nc1c(C)cccc1CC. The highest BCUT2D eigenvalue weighted by Crippen LogP contribution is 2.29. The van der Waals surface area contributed by atoms with E-state index in [1.807, 2.05) is 51.1 Å². The quantitative estimate of drug-likeness (QED) is 0.704. The van der Waals surface area contributed by atoms with Crippen molar-refractivity contribution in [1.29, 1.82) is 0 Å². The number of hydrogen-bond donors (Lipinski definition) is 2. The van der Waals surface area contributed by atoms with Gasteiger partial charge in [0.1, 0.15) is 11.2 Å². The van der Waals surface area contributed by atoms with E-state index in [-0.39, 0.29) is 5.91 Å². The molecule has 2 aromatic carbocycles. The van der Waals surface area contributed by atoms with Crippen molar-refractivity contribution in [1.82, 2.24) is 0 Å². The van der Waals surface area contributed by atoms with E-state index in [9.17, 15) is 9.59 Å². The molecule has 144 valence electrons. The number of ether oxygens (including phenoxy) is 1. The van der Waals surface area contributed by atoms with E-state index < -0.39 is 11.3 Å². The largest absolute Gasteiger partial charge is 0.492 e. The molecule has 0 atom stereocenters. The Kier molecular flexibility index (Phi) is 6.61. The monoisotopic (exact) mass is 368 g/mol. The Morgan fingerprint density at radius 3 is 2.30 bits per heavy atom. The molecule has 0 saturated heterocycles. The lowest BCUT2D eigenvalue weighted by Crippen LogP contribution is -2.42. The van der Waals surface area contributed by atoms with Crippen molar-refractivity contribution in [3.63, 3.8) is 0 Å². The van der Waals surface area contributed by atoms with Gasteiger partial charge in [0.15, 0.2) is 0 Å². The van der Waals surface area contributed by atoms with Crippen molar-refractivity contribution in [3.05, 3.63) is 53.6 Å². The number of nitrogens with one attached hydrogen (secondary N) is 2. The number of rotatable bonds is 7. The maximum Gasteiger partial charge on any atom is 0.239 e. The number of anilines is 2. The van der Waals surface area contributed by atoms with Crippen molar-refractivity contribution in [2.45, 2.75) is 41.0 Å². The standard InChI is InChI=1S/C22H28N2O3/c1-6-16-12-10-11-15(3)19(16)24-21(26)22(4,5)20(25)23-17-13-8-9-14-18(17)27-7-2/h8-14H,6-7H2,1-5H3,(H,23,25)(H,24,26). The lowest BCUT2D eigenvalue weighted by molar-refractivity contribution is -0.135. The summed E-state index contributed by atoms with van der Waals surface area (Å²) < 4.78 is 5.54. The Bertz CT molecular complexity index is 828. The molecular weight excluding hydrogens is 340 g/mol. The molecule has 0 saturated carbocycles. The predicted molar refractivity (Wildman–Crippen MR) is 109 cm³/mol. The van der Waals surface area contributed by atoms with Crippen molar-refractivity contribution in [2.75, 3.05) is 17.2 Å². The van der Waals surface area contributed by atoms with Gasteiger partial charge in [-0.2, -0.15) is 0 Å². The van der Waals surface area contributed by atoms with Crippen LogP contribution in [0.25, 0.3) is 0 Å². The van der Waals surface area contributed by atoms with Crippen molar-refractivity contribution in [3.8, 4) is 5.75 Å². The second-order valence-electron chi connectivity index (χ2n) is 6.93. The van der Waals surface area contributed by atoms with Gasteiger partial charge >= 0.3 is 0 Å². The smallest absolute Gasteiger partial charge is 0.239 e. The summed E-state index contributed by atoms with van der Waals surface area (Å²) in [6.45, 7) is 9.58. The molecule has 0 aromatic heterocycles. The Morgan fingerprint density at radius 1 is 0.963 bits per heavy atom. The summed E-state index contributed by atoms with van der Waals surface area (Å²) in [6.07, 6.45) is 0.797. The third-order valence-corrected chi connectivity index (χ3v) is 4.55. The summed E-state index contributed by atoms with van der Waals surface area (Å²) in [4.78, 5) is 25.7. The molecule has 0 aliphatic heterocycles. The van der Waals surface area contributed by atoms with Crippen molar-refractivity contribution in [2.24, 2.45) is 5.41 Å². The molecule has 27 heavy (non-hydrogen) atoms. The molecule has 0 unspecified atom stereocenters. The number of benzene rings is 2. The Labute approximate surface area is 161 Å². The second-order valence-corrected chi connectivity index (χ2v) is 6.93. The van der Waals surface area contributed by atoms with E-state index in [1.54, 1.807) is 26.0 Å². The predicted octanol–water partition coefficient (Wildman–Crippen LogP) is 4.56. The topological polar surface area (TPSA) is 67.4 Å². The van der Waals surface area contributed by atoms with Crippen LogP contribution < -0.4 is 15.4 Å². The zero-order valence-electron chi connectivity index (χ0n) is 16.7. The average Bonchev–Trinajstić information content (AvgIpc) is 2.64. The number of carbonyl (C=O) groups excluding carboxylic acids is 2. The van der Waals surface area contributed by atoms with Crippen molar-refractivity contribution < 1.29 is 14.3 Å². The van der Waals surface area contributed by atoms with Crippen LogP contribution >= 0.6 is 0 Å². The molecule has 5 heteroatoms. The van der Waals surface area contributed by atoms with Gasteiger partial charge in [0, 0.05) is 5.69 Å². The fraction of sp³-hybridized carbons (Fsp3) is 0.364. The van der Waals surface area contributed by atoms with Crippen molar-refractivity contribution >= 4 is 23.2 Å². The number of hydrogen-bond acceptors (Lipinski definition) is 3. The molecule has 0 spiro atoms. The van der Waals surface area contributed by atoms with Gasteiger partial charge in [-0.3, -0.25) is 9.59 Å². The van der Waals surface area contributed by atoms with Gasteiger partial charge in [-0.1, -0.05) is 37.3 Å². The van der Waals surface area contributed by atoms with Crippen LogP contribution in [-0.4, -0.2) is 18.4 Å². The highest BCUT2D eigenvalue weighted by molar-refractivity contribution is 6.14. The first-order valence-electron chi connectivity index (χ1n) is 9.24. The van der Waals surface area contributed by atoms with E-state index in [2.05, 4.69) is 10.6 Å². The summed E-state index contributed by atoms with van der Waals surface area (Å²) in [5, 5.41) is 5.77. The first-order valence-corrected chi connectivity index (χ1v) is 9.24. The molecule has 2 rings (SSSR count). The molecule has 5 nitrogen and oxygen atoms in total. The normalized spacial score (nSPS) is 11.0.